The maximum Gasteiger partial charge on any atom is 0.325 e. The van der Waals surface area contributed by atoms with E-state index in [9.17, 15) is 14.2 Å². The van der Waals surface area contributed by atoms with Crippen molar-refractivity contribution < 1.29 is 28.7 Å². The number of ether oxygens (including phenoxy) is 1. The Balaban J connectivity index is 2.61. The lowest BCUT2D eigenvalue weighted by molar-refractivity contribution is -0.140. The van der Waals surface area contributed by atoms with E-state index < -0.39 is 25.7 Å². The lowest BCUT2D eigenvalue weighted by Gasteiger charge is -2.37. The second-order valence-corrected chi connectivity index (χ2v) is 8.96. The van der Waals surface area contributed by atoms with Crippen molar-refractivity contribution in [1.82, 2.24) is 10.2 Å². The molecule has 0 aromatic rings. The quantitative estimate of drug-likeness (QED) is 0.602. The maximum absolute atomic E-state index is 12.6. The van der Waals surface area contributed by atoms with Crippen molar-refractivity contribution in [3.05, 3.63) is 0 Å². The van der Waals surface area contributed by atoms with Crippen LogP contribution < -0.4 is 5.32 Å². The van der Waals surface area contributed by atoms with E-state index in [2.05, 4.69) is 5.32 Å². The lowest BCUT2D eigenvalue weighted by Crippen LogP contribution is -2.51. The number of amides is 2. The standard InChI is InChI=1S/C15H29N2O6P/c1-11(18)16-13(7-10-24(20,21)22)14(19)17-8-5-12(6-9-17)23-15(2,3)4/h12-13H,5-10H2,1-4H3,(H,16,18)(H2,20,21,22)/t13-/m0/s1. The molecule has 8 nitrogen and oxygen atoms in total. The Morgan fingerprint density at radius 1 is 1.29 bits per heavy atom. The molecule has 0 radical (unpaired) electrons. The van der Waals surface area contributed by atoms with Gasteiger partial charge in [-0.25, -0.2) is 0 Å². The molecule has 0 spiro atoms. The van der Waals surface area contributed by atoms with Gasteiger partial charge in [-0.05, 0) is 40.0 Å². The topological polar surface area (TPSA) is 116 Å². The van der Waals surface area contributed by atoms with Gasteiger partial charge < -0.3 is 24.7 Å². The molecule has 140 valence electrons. The Morgan fingerprint density at radius 3 is 2.25 bits per heavy atom. The van der Waals surface area contributed by atoms with Crippen LogP contribution in [0.15, 0.2) is 0 Å². The highest BCUT2D eigenvalue weighted by Crippen LogP contribution is 2.35. The molecule has 0 saturated carbocycles. The lowest BCUT2D eigenvalue weighted by atomic mass is 10.0. The average molecular weight is 364 g/mol. The first-order valence-corrected chi connectivity index (χ1v) is 9.95. The molecule has 0 aliphatic carbocycles. The van der Waals surface area contributed by atoms with Crippen LogP contribution >= 0.6 is 7.60 Å². The molecular formula is C15H29N2O6P. The van der Waals surface area contributed by atoms with Crippen molar-refractivity contribution in [2.24, 2.45) is 0 Å². The fraction of sp³-hybridized carbons (Fsp3) is 0.867. The first-order valence-electron chi connectivity index (χ1n) is 8.16. The number of piperidine rings is 1. The summed E-state index contributed by atoms with van der Waals surface area (Å²) in [5.41, 5.74) is -0.237. The number of hydrogen-bond donors (Lipinski definition) is 3. The number of hydrogen-bond acceptors (Lipinski definition) is 4. The van der Waals surface area contributed by atoms with E-state index in [0.717, 1.165) is 0 Å². The fourth-order valence-electron chi connectivity index (χ4n) is 2.71. The molecule has 1 aliphatic rings. The predicted octanol–water partition coefficient (Wildman–Crippen LogP) is 0.865. The van der Waals surface area contributed by atoms with Crippen LogP contribution in [0, 0.1) is 0 Å². The smallest absolute Gasteiger partial charge is 0.325 e. The van der Waals surface area contributed by atoms with E-state index in [0.29, 0.717) is 25.9 Å². The molecule has 9 heteroatoms. The Labute approximate surface area is 143 Å². The third-order valence-electron chi connectivity index (χ3n) is 3.66. The summed E-state index contributed by atoms with van der Waals surface area (Å²) < 4.78 is 16.9. The second-order valence-electron chi connectivity index (χ2n) is 7.18. The summed E-state index contributed by atoms with van der Waals surface area (Å²) in [4.78, 5) is 43.5. The molecule has 0 aromatic heterocycles. The van der Waals surface area contributed by atoms with Gasteiger partial charge in [0.15, 0.2) is 0 Å². The van der Waals surface area contributed by atoms with E-state index in [4.69, 9.17) is 14.5 Å². The van der Waals surface area contributed by atoms with Crippen LogP contribution in [-0.2, 0) is 18.9 Å². The third-order valence-corrected chi connectivity index (χ3v) is 4.50. The van der Waals surface area contributed by atoms with Crippen LogP contribution in [-0.4, -0.2) is 63.5 Å². The van der Waals surface area contributed by atoms with Gasteiger partial charge in [-0.15, -0.1) is 0 Å². The molecule has 0 unspecified atom stereocenters. The number of likely N-dealkylation sites (tertiary alicyclic amines) is 1. The normalized spacial score (nSPS) is 18.3. The molecule has 1 aliphatic heterocycles. The van der Waals surface area contributed by atoms with Gasteiger partial charge in [-0.1, -0.05) is 0 Å². The minimum Gasteiger partial charge on any atom is -0.372 e. The molecule has 0 bridgehead atoms. The van der Waals surface area contributed by atoms with Crippen molar-refractivity contribution in [3.8, 4) is 0 Å². The van der Waals surface area contributed by atoms with Crippen molar-refractivity contribution in [2.45, 2.75) is 64.7 Å². The Bertz CT molecular complexity index is 491. The summed E-state index contributed by atoms with van der Waals surface area (Å²) in [6.45, 7) is 8.25. The number of carbonyl (C=O) groups is 2. The summed E-state index contributed by atoms with van der Waals surface area (Å²) in [7, 11) is -4.22. The summed E-state index contributed by atoms with van der Waals surface area (Å²) >= 11 is 0. The second kappa shape index (κ2) is 8.43. The highest BCUT2D eigenvalue weighted by atomic mass is 31.2. The Kier molecular flexibility index (Phi) is 7.41. The van der Waals surface area contributed by atoms with E-state index in [-0.39, 0.29) is 24.0 Å². The van der Waals surface area contributed by atoms with E-state index in [1.54, 1.807) is 4.90 Å². The number of nitrogens with one attached hydrogen (secondary N) is 1. The molecule has 1 rings (SSSR count). The van der Waals surface area contributed by atoms with E-state index in [1.165, 1.54) is 6.92 Å². The zero-order valence-corrected chi connectivity index (χ0v) is 15.7. The monoisotopic (exact) mass is 364 g/mol. The first kappa shape index (κ1) is 21.1. The molecule has 1 heterocycles. The van der Waals surface area contributed by atoms with Crippen LogP contribution in [0.1, 0.15) is 47.0 Å². The maximum atomic E-state index is 12.6. The van der Waals surface area contributed by atoms with Crippen LogP contribution in [0.2, 0.25) is 0 Å². The molecule has 1 atom stereocenters. The number of rotatable bonds is 6. The molecule has 0 aromatic carbocycles. The van der Waals surface area contributed by atoms with Crippen LogP contribution in [0.3, 0.4) is 0 Å². The third kappa shape index (κ3) is 8.24. The summed E-state index contributed by atoms with van der Waals surface area (Å²) in [6, 6.07) is -0.907. The highest BCUT2D eigenvalue weighted by molar-refractivity contribution is 7.51. The van der Waals surface area contributed by atoms with Crippen LogP contribution in [0.5, 0.6) is 0 Å². The summed E-state index contributed by atoms with van der Waals surface area (Å²) in [5.74, 6) is -0.696. The molecule has 1 fully saturated rings. The van der Waals surface area contributed by atoms with E-state index in [1.807, 2.05) is 20.8 Å². The predicted molar refractivity (Wildman–Crippen MR) is 89.6 cm³/mol. The number of carbonyl (C=O) groups excluding carboxylic acids is 2. The zero-order chi connectivity index (χ0) is 18.5. The van der Waals surface area contributed by atoms with Gasteiger partial charge in [-0.2, -0.15) is 0 Å². The number of nitrogens with zero attached hydrogens (tertiary/aromatic N) is 1. The fourth-order valence-corrected chi connectivity index (χ4v) is 3.31. The zero-order valence-electron chi connectivity index (χ0n) is 14.8. The summed E-state index contributed by atoms with van der Waals surface area (Å²) in [6.07, 6.45) is 0.972. The van der Waals surface area contributed by atoms with Gasteiger partial charge >= 0.3 is 7.60 Å². The molecular weight excluding hydrogens is 335 g/mol. The molecule has 3 N–H and O–H groups in total. The van der Waals surface area contributed by atoms with Crippen LogP contribution in [0.4, 0.5) is 0 Å². The van der Waals surface area contributed by atoms with Crippen molar-refractivity contribution in [2.75, 3.05) is 19.3 Å². The van der Waals surface area contributed by atoms with Crippen molar-refractivity contribution in [3.63, 3.8) is 0 Å². The van der Waals surface area contributed by atoms with E-state index >= 15 is 0 Å². The minimum absolute atomic E-state index is 0.0822. The Hall–Kier alpha value is -0.950. The average Bonchev–Trinajstić information content (AvgIpc) is 2.40. The van der Waals surface area contributed by atoms with Gasteiger partial charge in [0.25, 0.3) is 0 Å². The van der Waals surface area contributed by atoms with Gasteiger partial charge in [0, 0.05) is 20.0 Å². The van der Waals surface area contributed by atoms with Crippen LogP contribution in [0.25, 0.3) is 0 Å². The largest absolute Gasteiger partial charge is 0.372 e. The molecule has 2 amide bonds. The van der Waals surface area contributed by atoms with Gasteiger partial charge in [0.05, 0.1) is 17.9 Å². The minimum atomic E-state index is -4.22. The van der Waals surface area contributed by atoms with Gasteiger partial charge in [0.2, 0.25) is 11.8 Å². The highest BCUT2D eigenvalue weighted by Gasteiger charge is 2.31. The Morgan fingerprint density at radius 2 is 1.83 bits per heavy atom. The van der Waals surface area contributed by atoms with Gasteiger partial charge in [0.1, 0.15) is 6.04 Å². The van der Waals surface area contributed by atoms with Crippen molar-refractivity contribution in [1.29, 1.82) is 0 Å². The SMILES string of the molecule is CC(=O)N[C@@H](CCP(=O)(O)O)C(=O)N1CCC(OC(C)(C)C)CC1. The summed E-state index contributed by atoms with van der Waals surface area (Å²) in [5, 5.41) is 2.49. The first-order chi connectivity index (χ1) is 10.9. The molecule has 1 saturated heterocycles. The van der Waals surface area contributed by atoms with Gasteiger partial charge in [-0.3, -0.25) is 14.2 Å². The molecule has 24 heavy (non-hydrogen) atoms. The van der Waals surface area contributed by atoms with Crippen molar-refractivity contribution >= 4 is 19.4 Å².